The zero-order valence-electron chi connectivity index (χ0n) is 15.8. The zero-order valence-corrected chi connectivity index (χ0v) is 16.6. The van der Waals surface area contributed by atoms with Crippen LogP contribution in [-0.2, 0) is 10.0 Å². The fourth-order valence-electron chi connectivity index (χ4n) is 2.55. The van der Waals surface area contributed by atoms with Gasteiger partial charge in [-0.1, -0.05) is 57.2 Å². The van der Waals surface area contributed by atoms with Crippen LogP contribution in [0.15, 0.2) is 64.6 Å². The number of ether oxygens (including phenoxy) is 1. The Balaban J connectivity index is 1.74. The summed E-state index contributed by atoms with van der Waals surface area (Å²) in [4.78, 5) is 2.39. The topological polar surface area (TPSA) is 67.8 Å². The first kappa shape index (κ1) is 21.0. The van der Waals surface area contributed by atoms with E-state index in [1.807, 2.05) is 24.3 Å². The zero-order chi connectivity index (χ0) is 19.4. The molecule has 27 heavy (non-hydrogen) atoms. The first-order chi connectivity index (χ1) is 13.1. The van der Waals surface area contributed by atoms with E-state index >= 15 is 0 Å². The van der Waals surface area contributed by atoms with Gasteiger partial charge in [0.15, 0.2) is 0 Å². The van der Waals surface area contributed by atoms with Crippen LogP contribution in [0.2, 0.25) is 0 Å². The maximum absolute atomic E-state index is 12.1. The first-order valence-corrected chi connectivity index (χ1v) is 10.9. The summed E-state index contributed by atoms with van der Waals surface area (Å²) < 4.78 is 29.9. The van der Waals surface area contributed by atoms with Crippen molar-refractivity contribution in [2.75, 3.05) is 6.61 Å². The summed E-state index contributed by atoms with van der Waals surface area (Å²) in [5.74, 6) is 0.811. The molecule has 0 fully saturated rings. The molecule has 0 spiro atoms. The lowest BCUT2D eigenvalue weighted by atomic mass is 10.1. The van der Waals surface area contributed by atoms with Crippen molar-refractivity contribution in [3.8, 4) is 5.75 Å². The number of nitrogens with one attached hydrogen (secondary N) is 1. The van der Waals surface area contributed by atoms with Crippen LogP contribution in [0, 0.1) is 0 Å². The Labute approximate surface area is 162 Å². The third-order valence-electron chi connectivity index (χ3n) is 4.09. The molecule has 0 heterocycles. The second kappa shape index (κ2) is 11.4. The van der Waals surface area contributed by atoms with Crippen molar-refractivity contribution in [3.63, 3.8) is 0 Å². The summed E-state index contributed by atoms with van der Waals surface area (Å²) in [6.07, 6.45) is 8.88. The van der Waals surface area contributed by atoms with Crippen LogP contribution in [0.1, 0.15) is 51.0 Å². The number of benzene rings is 2. The second-order valence-corrected chi connectivity index (χ2v) is 8.01. The van der Waals surface area contributed by atoms with E-state index in [4.69, 9.17) is 4.74 Å². The maximum atomic E-state index is 12.1. The summed E-state index contributed by atoms with van der Waals surface area (Å²) in [7, 11) is -3.63. The third-order valence-corrected chi connectivity index (χ3v) is 5.33. The van der Waals surface area contributed by atoms with Crippen LogP contribution < -0.4 is 9.57 Å². The maximum Gasteiger partial charge on any atom is 0.276 e. The summed E-state index contributed by atoms with van der Waals surface area (Å²) in [6.45, 7) is 2.94. The molecule has 0 unspecified atom stereocenters. The van der Waals surface area contributed by atoms with Gasteiger partial charge >= 0.3 is 0 Å². The van der Waals surface area contributed by atoms with Crippen LogP contribution in [-0.4, -0.2) is 21.2 Å². The highest BCUT2D eigenvalue weighted by Gasteiger charge is 2.10. The molecule has 0 bridgehead atoms. The molecule has 2 aromatic rings. The Morgan fingerprint density at radius 1 is 0.926 bits per heavy atom. The van der Waals surface area contributed by atoms with E-state index in [1.165, 1.54) is 50.5 Å². The van der Waals surface area contributed by atoms with Gasteiger partial charge in [0.2, 0.25) is 0 Å². The molecule has 0 aromatic heterocycles. The molecule has 2 rings (SSSR count). The van der Waals surface area contributed by atoms with E-state index < -0.39 is 10.0 Å². The summed E-state index contributed by atoms with van der Waals surface area (Å²) in [5.41, 5.74) is 0.790. The highest BCUT2D eigenvalue weighted by molar-refractivity contribution is 7.89. The summed E-state index contributed by atoms with van der Waals surface area (Å²) in [6, 6.07) is 15.6. The van der Waals surface area contributed by atoms with Crippen molar-refractivity contribution in [1.29, 1.82) is 0 Å². The van der Waals surface area contributed by atoms with Crippen LogP contribution in [0.4, 0.5) is 0 Å². The average molecular weight is 389 g/mol. The standard InChI is InChI=1S/C21H28N2O3S/c1-2-3-4-5-6-10-17-26-20-15-13-19(14-16-20)18-22-23-27(24,25)21-11-8-7-9-12-21/h7-9,11-16,18,23H,2-6,10,17H2,1H3/b22-18-. The predicted octanol–water partition coefficient (Wildman–Crippen LogP) is 4.74. The quantitative estimate of drug-likeness (QED) is 0.324. The van der Waals surface area contributed by atoms with Crippen LogP contribution >= 0.6 is 0 Å². The van der Waals surface area contributed by atoms with Crippen LogP contribution in [0.3, 0.4) is 0 Å². The molecule has 0 aliphatic heterocycles. The van der Waals surface area contributed by atoms with Crippen molar-refractivity contribution in [1.82, 2.24) is 4.83 Å². The number of unbranched alkanes of at least 4 members (excludes halogenated alkanes) is 5. The van der Waals surface area contributed by atoms with Crippen molar-refractivity contribution in [2.45, 2.75) is 50.3 Å². The van der Waals surface area contributed by atoms with Gasteiger partial charge in [-0.15, -0.1) is 0 Å². The van der Waals surface area contributed by atoms with E-state index in [1.54, 1.807) is 18.2 Å². The van der Waals surface area contributed by atoms with E-state index in [9.17, 15) is 8.42 Å². The summed E-state index contributed by atoms with van der Waals surface area (Å²) in [5, 5.41) is 3.83. The minimum absolute atomic E-state index is 0.181. The molecule has 0 radical (unpaired) electrons. The monoisotopic (exact) mass is 388 g/mol. The molecule has 0 aliphatic carbocycles. The fourth-order valence-corrected chi connectivity index (χ4v) is 3.36. The molecule has 0 amide bonds. The molecule has 1 N–H and O–H groups in total. The lowest BCUT2D eigenvalue weighted by Gasteiger charge is -2.06. The van der Waals surface area contributed by atoms with Crippen LogP contribution in [0.25, 0.3) is 0 Å². The highest BCUT2D eigenvalue weighted by atomic mass is 32.2. The van der Waals surface area contributed by atoms with Gasteiger partial charge in [-0.05, 0) is 48.4 Å². The first-order valence-electron chi connectivity index (χ1n) is 9.44. The molecular formula is C21H28N2O3S. The van der Waals surface area contributed by atoms with Gasteiger partial charge in [0.05, 0.1) is 17.7 Å². The number of hydrogen-bond donors (Lipinski definition) is 1. The lowest BCUT2D eigenvalue weighted by Crippen LogP contribution is -2.18. The minimum atomic E-state index is -3.63. The molecular weight excluding hydrogens is 360 g/mol. The average Bonchev–Trinajstić information content (AvgIpc) is 2.69. The van der Waals surface area contributed by atoms with E-state index in [0.717, 1.165) is 24.3 Å². The van der Waals surface area contributed by atoms with Crippen molar-refractivity contribution >= 4 is 16.2 Å². The molecule has 2 aromatic carbocycles. The summed E-state index contributed by atoms with van der Waals surface area (Å²) >= 11 is 0. The highest BCUT2D eigenvalue weighted by Crippen LogP contribution is 2.13. The van der Waals surface area contributed by atoms with E-state index in [-0.39, 0.29) is 4.90 Å². The predicted molar refractivity (Wildman–Crippen MR) is 110 cm³/mol. The van der Waals surface area contributed by atoms with E-state index in [0.29, 0.717) is 0 Å². The van der Waals surface area contributed by atoms with Gasteiger partial charge in [-0.2, -0.15) is 13.5 Å². The molecule has 6 heteroatoms. The molecule has 0 saturated carbocycles. The van der Waals surface area contributed by atoms with Gasteiger partial charge in [0, 0.05) is 0 Å². The Bertz CT molecular complexity index is 788. The Morgan fingerprint density at radius 3 is 2.30 bits per heavy atom. The minimum Gasteiger partial charge on any atom is -0.494 e. The lowest BCUT2D eigenvalue weighted by molar-refractivity contribution is 0.304. The van der Waals surface area contributed by atoms with Crippen molar-refractivity contribution in [3.05, 3.63) is 60.2 Å². The van der Waals surface area contributed by atoms with Crippen molar-refractivity contribution in [2.24, 2.45) is 5.10 Å². The van der Waals surface area contributed by atoms with Gasteiger partial charge in [-0.3, -0.25) is 0 Å². The van der Waals surface area contributed by atoms with Gasteiger partial charge in [0.1, 0.15) is 5.75 Å². The van der Waals surface area contributed by atoms with Gasteiger partial charge < -0.3 is 4.74 Å². The van der Waals surface area contributed by atoms with Crippen LogP contribution in [0.5, 0.6) is 5.75 Å². The largest absolute Gasteiger partial charge is 0.494 e. The second-order valence-electron chi connectivity index (χ2n) is 6.35. The smallest absolute Gasteiger partial charge is 0.276 e. The molecule has 0 aliphatic rings. The van der Waals surface area contributed by atoms with Gasteiger partial charge in [-0.25, -0.2) is 4.83 Å². The molecule has 5 nitrogen and oxygen atoms in total. The Morgan fingerprint density at radius 2 is 1.59 bits per heavy atom. The van der Waals surface area contributed by atoms with Gasteiger partial charge in [0.25, 0.3) is 10.0 Å². The molecule has 0 atom stereocenters. The third kappa shape index (κ3) is 7.83. The molecule has 0 saturated heterocycles. The molecule has 146 valence electrons. The number of nitrogens with zero attached hydrogens (tertiary/aromatic N) is 1. The number of sulfonamides is 1. The SMILES string of the molecule is CCCCCCCCOc1ccc(/C=N\NS(=O)(=O)c2ccccc2)cc1. The van der Waals surface area contributed by atoms with Crippen molar-refractivity contribution < 1.29 is 13.2 Å². The normalized spacial score (nSPS) is 11.6. The number of hydrazone groups is 1. The number of rotatable bonds is 12. The fraction of sp³-hybridized carbons (Fsp3) is 0.381. The number of hydrogen-bond acceptors (Lipinski definition) is 4. The van der Waals surface area contributed by atoms with E-state index in [2.05, 4.69) is 16.9 Å². The Kier molecular flexibility index (Phi) is 8.84. The Hall–Kier alpha value is -2.34.